The van der Waals surface area contributed by atoms with Crippen LogP contribution in [-0.2, 0) is 17.4 Å². The third-order valence-electron chi connectivity index (χ3n) is 10.9. The van der Waals surface area contributed by atoms with E-state index in [9.17, 15) is 0 Å². The zero-order valence-corrected chi connectivity index (χ0v) is 33.0. The van der Waals surface area contributed by atoms with Crippen LogP contribution in [-0.4, -0.2) is 6.88 Å². The first-order valence-corrected chi connectivity index (χ1v) is 27.2. The number of fused-ring (bicyclic) bond motifs is 2. The molecule has 0 spiro atoms. The molecule has 0 fully saturated rings. The fourth-order valence-corrected chi connectivity index (χ4v) is 33.5. The van der Waals surface area contributed by atoms with Crippen molar-refractivity contribution in [2.24, 2.45) is 0 Å². The van der Waals surface area contributed by atoms with E-state index < -0.39 is 17.4 Å². The van der Waals surface area contributed by atoms with Gasteiger partial charge in [-0.25, -0.2) is 0 Å². The zero-order chi connectivity index (χ0) is 31.3. The molecule has 0 saturated heterocycles. The Hall–Kier alpha value is -3.52. The molecule has 0 nitrogen and oxygen atoms in total. The number of allylic oxidation sites excluding steroid dienone is 8. The van der Waals surface area contributed by atoms with Crippen LogP contribution < -0.4 is 6.54 Å². The topological polar surface area (TPSA) is 0 Å². The van der Waals surface area contributed by atoms with Gasteiger partial charge >= 0.3 is 277 Å². The van der Waals surface area contributed by atoms with Crippen LogP contribution >= 0.6 is 24.8 Å². The number of hydrogen-bond acceptors (Lipinski definition) is 0. The van der Waals surface area contributed by atoms with E-state index in [1.165, 1.54) is 61.5 Å². The molecule has 2 aliphatic rings. The number of hydrogen-bond donors (Lipinski definition) is 0. The third-order valence-corrected chi connectivity index (χ3v) is 38.0. The van der Waals surface area contributed by atoms with Crippen LogP contribution in [0.2, 0.25) is 0 Å². The summed E-state index contributed by atoms with van der Waals surface area (Å²) >= 11 is -4.50. The molecule has 4 heteroatoms. The van der Waals surface area contributed by atoms with Gasteiger partial charge in [0.1, 0.15) is 0 Å². The summed E-state index contributed by atoms with van der Waals surface area (Å²) < 4.78 is 6.44. The van der Waals surface area contributed by atoms with Gasteiger partial charge in [0.25, 0.3) is 0 Å². The van der Waals surface area contributed by atoms with Crippen molar-refractivity contribution in [1.29, 1.82) is 0 Å². The summed E-state index contributed by atoms with van der Waals surface area (Å²) in [6, 6.07) is 54.6. The molecule has 2 aliphatic carbocycles. The molecule has 8 rings (SSSR count). The van der Waals surface area contributed by atoms with Crippen LogP contribution in [0.4, 0.5) is 0 Å². The van der Waals surface area contributed by atoms with Gasteiger partial charge < -0.3 is 0 Å². The van der Waals surface area contributed by atoms with Gasteiger partial charge in [0.2, 0.25) is 0 Å². The smallest absolute Gasteiger partial charge is 0.147 e. The molecule has 48 heavy (non-hydrogen) atoms. The number of halogens is 2. The van der Waals surface area contributed by atoms with Gasteiger partial charge in [-0.2, -0.15) is 0 Å². The summed E-state index contributed by atoms with van der Waals surface area (Å²) in [6.07, 6.45) is 7.01. The average molecular weight is 759 g/mol. The van der Waals surface area contributed by atoms with Crippen molar-refractivity contribution < 1.29 is 17.4 Å². The summed E-state index contributed by atoms with van der Waals surface area (Å²) in [7, 11) is 0. The monoisotopic (exact) mass is 756 g/mol. The van der Waals surface area contributed by atoms with Crippen LogP contribution in [0.5, 0.6) is 0 Å². The van der Waals surface area contributed by atoms with E-state index in [-0.39, 0.29) is 24.8 Å². The van der Waals surface area contributed by atoms with E-state index in [0.29, 0.717) is 0 Å². The molecular formula is C44H40Cl2SiZr. The van der Waals surface area contributed by atoms with Crippen molar-refractivity contribution in [2.75, 3.05) is 0 Å². The van der Waals surface area contributed by atoms with Crippen molar-refractivity contribution in [1.82, 2.24) is 0 Å². The molecule has 0 aromatic heterocycles. The second-order valence-electron chi connectivity index (χ2n) is 13.3. The van der Waals surface area contributed by atoms with E-state index in [1.54, 1.807) is 6.56 Å². The maximum atomic E-state index is 2.52. The summed E-state index contributed by atoms with van der Waals surface area (Å²) in [4.78, 5) is 0. The van der Waals surface area contributed by atoms with Gasteiger partial charge in [-0.1, -0.05) is 0 Å². The van der Waals surface area contributed by atoms with E-state index in [1.807, 2.05) is 0 Å². The number of benzene rings is 6. The van der Waals surface area contributed by atoms with Crippen molar-refractivity contribution in [3.63, 3.8) is 0 Å². The van der Waals surface area contributed by atoms with Gasteiger partial charge in [-0.15, -0.1) is 24.8 Å². The second kappa shape index (κ2) is 13.4. The first kappa shape index (κ1) is 34.3. The Bertz CT molecular complexity index is 2200. The molecule has 0 saturated carbocycles. The van der Waals surface area contributed by atoms with Crippen molar-refractivity contribution >= 4 is 70.9 Å². The predicted molar refractivity (Wildman–Crippen MR) is 214 cm³/mol. The van der Waals surface area contributed by atoms with E-state index in [4.69, 9.17) is 0 Å². The van der Waals surface area contributed by atoms with Crippen molar-refractivity contribution in [2.45, 2.75) is 26.7 Å². The Morgan fingerprint density at radius 2 is 0.792 bits per heavy atom. The zero-order valence-electron chi connectivity index (χ0n) is 27.4. The average Bonchev–Trinajstić information content (AvgIpc) is 3.71. The SMILES string of the molecule is CC1=[C]([Zr](=[SiH2])([C]2=C(C)C=C(c3cccc4ccccc34)C2)([c]2ccccc2)[c]2ccccc2)CC(c2cccc3ccccc23)=C1.Cl.Cl. The van der Waals surface area contributed by atoms with Crippen LogP contribution in [0.15, 0.2) is 175 Å². The van der Waals surface area contributed by atoms with E-state index in [2.05, 4.69) is 178 Å². The molecule has 0 radical (unpaired) electrons. The molecule has 0 N–H and O–H groups in total. The summed E-state index contributed by atoms with van der Waals surface area (Å²) in [6.45, 7) is 7.20. The van der Waals surface area contributed by atoms with Gasteiger partial charge in [0.15, 0.2) is 0 Å². The first-order valence-electron chi connectivity index (χ1n) is 16.4. The molecule has 0 atom stereocenters. The molecule has 0 amide bonds. The maximum absolute atomic E-state index is 4.50. The summed E-state index contributed by atoms with van der Waals surface area (Å²) in [5, 5.41) is 5.29. The predicted octanol–water partition coefficient (Wildman–Crippen LogP) is 10.5. The van der Waals surface area contributed by atoms with Crippen molar-refractivity contribution in [3.8, 4) is 0 Å². The molecule has 6 aromatic carbocycles. The molecular weight excluding hydrogens is 719 g/mol. The molecule has 0 bridgehead atoms. The van der Waals surface area contributed by atoms with E-state index >= 15 is 0 Å². The number of rotatable bonds is 6. The Labute approximate surface area is 299 Å². The van der Waals surface area contributed by atoms with Gasteiger partial charge in [0, 0.05) is 0 Å². The standard InChI is InChI=1S/2C16H13.2C6H5.2ClH.H2Si.Zr/c2*1-12-9-10-14(11-12)16-8-4-6-13-5-2-3-7-15(13)16;2*1-2-4-6-5-3-1;;;;/h2*2-8,11H,10H2,1H3;2*1-5H;2*1H;1H2;. The molecule has 6 aromatic rings. The molecule has 0 heterocycles. The third kappa shape index (κ3) is 5.21. The van der Waals surface area contributed by atoms with Crippen LogP contribution in [0.1, 0.15) is 37.8 Å². The van der Waals surface area contributed by atoms with Crippen LogP contribution in [0.25, 0.3) is 32.7 Å². The second-order valence-corrected chi connectivity index (χ2v) is 34.6. The molecule has 238 valence electrons. The van der Waals surface area contributed by atoms with E-state index in [0.717, 1.165) is 12.8 Å². The first-order chi connectivity index (χ1) is 22.5. The minimum atomic E-state index is -4.50. The summed E-state index contributed by atoms with van der Waals surface area (Å²) in [5.74, 6) is 0. The maximum Gasteiger partial charge on any atom is -0.147 e. The normalized spacial score (nSPS) is 14.9. The Balaban J connectivity index is 0.00000201. The fourth-order valence-electron chi connectivity index (χ4n) is 8.73. The molecule has 0 aliphatic heterocycles. The van der Waals surface area contributed by atoms with Gasteiger partial charge in [-0.3, -0.25) is 0 Å². The summed E-state index contributed by atoms with van der Waals surface area (Å²) in [5.41, 5.74) is 8.54. The van der Waals surface area contributed by atoms with Crippen LogP contribution in [0, 0.1) is 0 Å². The van der Waals surface area contributed by atoms with Gasteiger partial charge in [-0.05, 0) is 0 Å². The Morgan fingerprint density at radius 1 is 0.438 bits per heavy atom. The van der Waals surface area contributed by atoms with Gasteiger partial charge in [0.05, 0.1) is 0 Å². The van der Waals surface area contributed by atoms with Crippen molar-refractivity contribution in [3.05, 3.63) is 187 Å². The molecule has 0 unspecified atom stereocenters. The minimum absolute atomic E-state index is 0. The Kier molecular flexibility index (Phi) is 9.60. The minimum Gasteiger partial charge on any atom is -0.147 e. The Morgan fingerprint density at radius 3 is 1.21 bits per heavy atom. The van der Waals surface area contributed by atoms with Crippen LogP contribution in [0.3, 0.4) is 0 Å². The largest absolute Gasteiger partial charge is 0.147 e. The quantitative estimate of drug-likeness (QED) is 0.148. The fraction of sp³-hybridized carbons (Fsp3) is 0.0909.